The summed E-state index contributed by atoms with van der Waals surface area (Å²) in [5, 5.41) is 18.5. The minimum Gasteiger partial charge on any atom is -0.508 e. The van der Waals surface area contributed by atoms with Crippen LogP contribution in [0.2, 0.25) is 0 Å². The molecule has 1 aliphatic rings. The highest BCUT2D eigenvalue weighted by Gasteiger charge is 2.39. The summed E-state index contributed by atoms with van der Waals surface area (Å²) in [5.41, 5.74) is 2.23. The summed E-state index contributed by atoms with van der Waals surface area (Å²) in [7, 11) is 1.39. The van der Waals surface area contributed by atoms with E-state index in [-0.39, 0.29) is 29.1 Å². The minimum atomic E-state index is -0.948. The molecule has 0 spiro atoms. The fraction of sp³-hybridized carbons (Fsp3) is 0.300. The van der Waals surface area contributed by atoms with Gasteiger partial charge in [-0.15, -0.1) is 0 Å². The number of hydrogen-bond donors (Lipinski definition) is 2. The van der Waals surface area contributed by atoms with Crippen LogP contribution in [0.3, 0.4) is 0 Å². The molecular weight excluding hydrogens is 334 g/mol. The zero-order valence-corrected chi connectivity index (χ0v) is 14.5. The van der Waals surface area contributed by atoms with Crippen molar-refractivity contribution >= 4 is 11.9 Å². The largest absolute Gasteiger partial charge is 0.508 e. The second-order valence-electron chi connectivity index (χ2n) is 6.52. The highest BCUT2D eigenvalue weighted by atomic mass is 16.5. The number of phenolic OH excluding ortho intramolecular Hbond substituents is 1. The summed E-state index contributed by atoms with van der Waals surface area (Å²) in [6, 6.07) is 13.7. The molecule has 26 heavy (non-hydrogen) atoms. The van der Waals surface area contributed by atoms with Gasteiger partial charge in [-0.3, -0.25) is 9.69 Å². The minimum absolute atomic E-state index is 0.0126. The van der Waals surface area contributed by atoms with Crippen molar-refractivity contribution in [1.82, 2.24) is 4.90 Å². The molecule has 1 heterocycles. The Balaban J connectivity index is 1.76. The van der Waals surface area contributed by atoms with E-state index in [2.05, 4.69) is 4.90 Å². The number of likely N-dealkylation sites (tertiary alicyclic amines) is 1. The first kappa shape index (κ1) is 17.9. The molecule has 6 nitrogen and oxygen atoms in total. The summed E-state index contributed by atoms with van der Waals surface area (Å²) < 4.78 is 4.97. The van der Waals surface area contributed by atoms with E-state index in [1.165, 1.54) is 7.11 Å². The van der Waals surface area contributed by atoms with Gasteiger partial charge in [0.15, 0.2) is 0 Å². The predicted octanol–water partition coefficient (Wildman–Crippen LogP) is 2.48. The van der Waals surface area contributed by atoms with Crippen molar-refractivity contribution in [1.29, 1.82) is 0 Å². The van der Waals surface area contributed by atoms with Crippen molar-refractivity contribution in [2.24, 2.45) is 5.92 Å². The van der Waals surface area contributed by atoms with Gasteiger partial charge in [-0.2, -0.15) is 0 Å². The molecule has 0 aliphatic carbocycles. The lowest BCUT2D eigenvalue weighted by Gasteiger charge is -2.17. The Kier molecular flexibility index (Phi) is 5.23. The molecule has 1 saturated heterocycles. The number of carboxylic acid groups (broad SMARTS) is 1. The Bertz CT molecular complexity index is 785. The molecule has 0 radical (unpaired) electrons. The topological polar surface area (TPSA) is 87.1 Å². The lowest BCUT2D eigenvalue weighted by Crippen LogP contribution is -2.24. The maximum atomic E-state index is 12.2. The van der Waals surface area contributed by atoms with Crippen LogP contribution < -0.4 is 0 Å². The van der Waals surface area contributed by atoms with Gasteiger partial charge < -0.3 is 14.9 Å². The number of benzene rings is 2. The number of carboxylic acids is 1. The molecule has 0 bridgehead atoms. The average molecular weight is 355 g/mol. The number of phenols is 1. The van der Waals surface area contributed by atoms with E-state index in [1.54, 1.807) is 36.4 Å². The van der Waals surface area contributed by atoms with Gasteiger partial charge in [0.05, 0.1) is 18.6 Å². The van der Waals surface area contributed by atoms with Crippen LogP contribution in [0.1, 0.15) is 27.4 Å². The number of rotatable bonds is 5. The maximum absolute atomic E-state index is 12.2. The number of aromatic carboxylic acids is 1. The Hall–Kier alpha value is -2.86. The van der Waals surface area contributed by atoms with Crippen LogP contribution in [0.4, 0.5) is 0 Å². The second-order valence-corrected chi connectivity index (χ2v) is 6.52. The number of carbonyl (C=O) groups excluding carboxylic acids is 1. The lowest BCUT2D eigenvalue weighted by atomic mass is 9.89. The van der Waals surface area contributed by atoms with Gasteiger partial charge in [0.25, 0.3) is 0 Å². The smallest absolute Gasteiger partial charge is 0.335 e. The summed E-state index contributed by atoms with van der Waals surface area (Å²) >= 11 is 0. The highest BCUT2D eigenvalue weighted by molar-refractivity contribution is 5.87. The quantitative estimate of drug-likeness (QED) is 0.802. The molecule has 6 heteroatoms. The zero-order valence-electron chi connectivity index (χ0n) is 14.5. The SMILES string of the molecule is COC(=O)[C@@H]1CN(Cc2ccc(C(=O)O)cc2)C[C@H]1c1ccc(O)cc1. The third kappa shape index (κ3) is 3.86. The monoisotopic (exact) mass is 355 g/mol. The molecule has 0 aromatic heterocycles. The van der Waals surface area contributed by atoms with Crippen molar-refractivity contribution in [3.05, 3.63) is 65.2 Å². The first-order valence-electron chi connectivity index (χ1n) is 8.39. The van der Waals surface area contributed by atoms with E-state index in [1.807, 2.05) is 12.1 Å². The van der Waals surface area contributed by atoms with E-state index >= 15 is 0 Å². The fourth-order valence-electron chi connectivity index (χ4n) is 3.47. The van der Waals surface area contributed by atoms with Crippen LogP contribution in [0.25, 0.3) is 0 Å². The van der Waals surface area contributed by atoms with Gasteiger partial charge >= 0.3 is 11.9 Å². The van der Waals surface area contributed by atoms with Crippen LogP contribution in [0.15, 0.2) is 48.5 Å². The highest BCUT2D eigenvalue weighted by Crippen LogP contribution is 2.35. The van der Waals surface area contributed by atoms with Gasteiger partial charge in [-0.1, -0.05) is 24.3 Å². The number of ether oxygens (including phenoxy) is 1. The standard InChI is InChI=1S/C20H21NO5/c1-26-20(25)18-12-21(10-13-2-4-15(5-3-13)19(23)24)11-17(18)14-6-8-16(22)9-7-14/h2-9,17-18,22H,10-12H2,1H3,(H,23,24)/t17-,18+/m0/s1. The molecule has 2 N–H and O–H groups in total. The van der Waals surface area contributed by atoms with Crippen molar-refractivity contribution in [2.75, 3.05) is 20.2 Å². The molecule has 2 aromatic rings. The van der Waals surface area contributed by atoms with Crippen LogP contribution in [0, 0.1) is 5.92 Å². The third-order valence-electron chi connectivity index (χ3n) is 4.83. The number of aromatic hydroxyl groups is 1. The van der Waals surface area contributed by atoms with E-state index in [0.717, 1.165) is 11.1 Å². The fourth-order valence-corrected chi connectivity index (χ4v) is 3.47. The zero-order chi connectivity index (χ0) is 18.7. The molecule has 0 saturated carbocycles. The van der Waals surface area contributed by atoms with Crippen molar-refractivity contribution < 1.29 is 24.5 Å². The first-order valence-corrected chi connectivity index (χ1v) is 8.39. The summed E-state index contributed by atoms with van der Waals surface area (Å²) in [4.78, 5) is 25.3. The number of carbonyl (C=O) groups is 2. The van der Waals surface area contributed by atoms with Crippen LogP contribution in [-0.4, -0.2) is 47.3 Å². The normalized spacial score (nSPS) is 20.0. The van der Waals surface area contributed by atoms with Crippen molar-refractivity contribution in [3.63, 3.8) is 0 Å². The van der Waals surface area contributed by atoms with E-state index in [9.17, 15) is 14.7 Å². The number of nitrogens with zero attached hydrogens (tertiary/aromatic N) is 1. The number of methoxy groups -OCH3 is 1. The molecule has 2 aromatic carbocycles. The van der Waals surface area contributed by atoms with Crippen molar-refractivity contribution in [3.8, 4) is 5.75 Å². The average Bonchev–Trinajstić information content (AvgIpc) is 3.06. The predicted molar refractivity (Wildman–Crippen MR) is 95.0 cm³/mol. The van der Waals surface area contributed by atoms with Crippen LogP contribution in [0.5, 0.6) is 5.75 Å². The van der Waals surface area contributed by atoms with Crippen molar-refractivity contribution in [2.45, 2.75) is 12.5 Å². The van der Waals surface area contributed by atoms with E-state index in [4.69, 9.17) is 9.84 Å². The molecule has 3 rings (SSSR count). The first-order chi connectivity index (χ1) is 12.5. The molecular formula is C20H21NO5. The Morgan fingerprint density at radius 1 is 1.08 bits per heavy atom. The Morgan fingerprint density at radius 3 is 2.31 bits per heavy atom. The molecule has 0 amide bonds. The van der Waals surface area contributed by atoms with Crippen LogP contribution >= 0.6 is 0 Å². The molecule has 2 atom stereocenters. The Morgan fingerprint density at radius 2 is 1.73 bits per heavy atom. The van der Waals surface area contributed by atoms with Gasteiger partial charge in [0, 0.05) is 25.6 Å². The number of esters is 1. The van der Waals surface area contributed by atoms with Gasteiger partial charge in [-0.25, -0.2) is 4.79 Å². The molecule has 1 fully saturated rings. The van der Waals surface area contributed by atoms with Crippen LogP contribution in [-0.2, 0) is 16.1 Å². The van der Waals surface area contributed by atoms with E-state index < -0.39 is 5.97 Å². The number of hydrogen-bond acceptors (Lipinski definition) is 5. The van der Waals surface area contributed by atoms with E-state index in [0.29, 0.717) is 19.6 Å². The lowest BCUT2D eigenvalue weighted by molar-refractivity contribution is -0.145. The molecule has 1 aliphatic heterocycles. The molecule has 136 valence electrons. The van der Waals surface area contributed by atoms with Gasteiger partial charge in [0.2, 0.25) is 0 Å². The molecule has 0 unspecified atom stereocenters. The Labute approximate surface area is 151 Å². The second kappa shape index (κ2) is 7.58. The summed E-state index contributed by atoms with van der Waals surface area (Å²) in [6.07, 6.45) is 0. The van der Waals surface area contributed by atoms with Gasteiger partial charge in [-0.05, 0) is 35.4 Å². The summed E-state index contributed by atoms with van der Waals surface area (Å²) in [5.74, 6) is -1.29. The third-order valence-corrected chi connectivity index (χ3v) is 4.83. The van der Waals surface area contributed by atoms with Gasteiger partial charge in [0.1, 0.15) is 5.75 Å². The maximum Gasteiger partial charge on any atom is 0.335 e. The summed E-state index contributed by atoms with van der Waals surface area (Å²) in [6.45, 7) is 1.88.